The summed E-state index contributed by atoms with van der Waals surface area (Å²) in [7, 11) is -3.31. The predicted molar refractivity (Wildman–Crippen MR) is 97.9 cm³/mol. The van der Waals surface area contributed by atoms with Crippen LogP contribution in [0.15, 0.2) is 11.1 Å². The van der Waals surface area contributed by atoms with Gasteiger partial charge in [0.25, 0.3) is 0 Å². The van der Waals surface area contributed by atoms with Crippen molar-refractivity contribution in [2.45, 2.75) is 49.3 Å². The summed E-state index contributed by atoms with van der Waals surface area (Å²) >= 11 is 0. The van der Waals surface area contributed by atoms with Crippen LogP contribution in [0.5, 0.6) is 0 Å². The van der Waals surface area contributed by atoms with E-state index in [1.807, 2.05) is 0 Å². The minimum absolute atomic E-state index is 0. The first-order chi connectivity index (χ1) is 11.1. The van der Waals surface area contributed by atoms with Crippen LogP contribution in [0, 0.1) is 0 Å². The third-order valence-electron chi connectivity index (χ3n) is 4.74. The van der Waals surface area contributed by atoms with Crippen molar-refractivity contribution in [2.75, 3.05) is 37.3 Å². The molecule has 0 bridgehead atoms. The highest BCUT2D eigenvalue weighted by molar-refractivity contribution is 7.90. The number of halogens is 1. The van der Waals surface area contributed by atoms with Crippen LogP contribution in [0.1, 0.15) is 50.1 Å². The Morgan fingerprint density at radius 3 is 2.46 bits per heavy atom. The van der Waals surface area contributed by atoms with Gasteiger partial charge >= 0.3 is 0 Å². The molecule has 8 heteroatoms. The highest BCUT2D eigenvalue weighted by atomic mass is 35.5. The largest absolute Gasteiger partial charge is 0.341 e. The molecular weight excluding hydrogens is 348 g/mol. The zero-order chi connectivity index (χ0) is 16.3. The molecule has 1 N–H and O–H groups in total. The number of aromatic nitrogens is 2. The first-order valence-corrected chi connectivity index (χ1v) is 10.5. The van der Waals surface area contributed by atoms with Gasteiger partial charge in [-0.25, -0.2) is 18.4 Å². The van der Waals surface area contributed by atoms with E-state index in [0.29, 0.717) is 16.5 Å². The number of nitrogens with zero attached hydrogens (tertiary/aromatic N) is 3. The van der Waals surface area contributed by atoms with E-state index in [2.05, 4.69) is 15.2 Å². The molecule has 2 aliphatic heterocycles. The van der Waals surface area contributed by atoms with E-state index in [1.54, 1.807) is 0 Å². The minimum Gasteiger partial charge on any atom is -0.341 e. The number of hydrogen-bond acceptors (Lipinski definition) is 6. The second-order valence-electron chi connectivity index (χ2n) is 6.64. The van der Waals surface area contributed by atoms with Gasteiger partial charge in [0.1, 0.15) is 4.90 Å². The molecular formula is C16H27ClN4O2S. The molecule has 0 radical (unpaired) electrons. The molecule has 1 unspecified atom stereocenters. The molecule has 0 aliphatic carbocycles. The van der Waals surface area contributed by atoms with E-state index in [1.165, 1.54) is 25.3 Å². The van der Waals surface area contributed by atoms with Crippen molar-refractivity contribution < 1.29 is 8.42 Å². The zero-order valence-corrected chi connectivity index (χ0v) is 15.8. The van der Waals surface area contributed by atoms with E-state index in [-0.39, 0.29) is 18.3 Å². The molecule has 2 saturated heterocycles. The zero-order valence-electron chi connectivity index (χ0n) is 14.2. The van der Waals surface area contributed by atoms with Crippen molar-refractivity contribution >= 4 is 28.2 Å². The highest BCUT2D eigenvalue weighted by Crippen LogP contribution is 2.29. The summed E-state index contributed by atoms with van der Waals surface area (Å²) in [5.41, 5.74) is 0.703. The smallest absolute Gasteiger partial charge is 0.225 e. The Hall–Kier alpha value is -0.920. The molecule has 6 nitrogen and oxygen atoms in total. The van der Waals surface area contributed by atoms with Crippen LogP contribution in [0.25, 0.3) is 0 Å². The van der Waals surface area contributed by atoms with Gasteiger partial charge in [-0.1, -0.05) is 12.8 Å². The number of anilines is 1. The lowest BCUT2D eigenvalue weighted by molar-refractivity contribution is 0.447. The van der Waals surface area contributed by atoms with Gasteiger partial charge in [0.05, 0.1) is 11.9 Å². The third-order valence-corrected chi connectivity index (χ3v) is 5.86. The number of nitrogens with one attached hydrogen (secondary N) is 1. The second-order valence-corrected chi connectivity index (χ2v) is 8.62. The van der Waals surface area contributed by atoms with Crippen molar-refractivity contribution in [3.8, 4) is 0 Å². The van der Waals surface area contributed by atoms with Crippen LogP contribution >= 0.6 is 12.4 Å². The Morgan fingerprint density at radius 2 is 1.88 bits per heavy atom. The average molecular weight is 375 g/mol. The second kappa shape index (κ2) is 8.45. The lowest BCUT2D eigenvalue weighted by Crippen LogP contribution is -2.31. The summed E-state index contributed by atoms with van der Waals surface area (Å²) in [5.74, 6) is 0.849. The van der Waals surface area contributed by atoms with E-state index in [0.717, 1.165) is 51.9 Å². The lowest BCUT2D eigenvalue weighted by atomic mass is 9.96. The fourth-order valence-electron chi connectivity index (χ4n) is 3.46. The van der Waals surface area contributed by atoms with Crippen molar-refractivity contribution in [1.29, 1.82) is 0 Å². The average Bonchev–Trinajstić information content (AvgIpc) is 2.83. The third kappa shape index (κ3) is 4.58. The molecule has 1 aromatic heterocycles. The van der Waals surface area contributed by atoms with Gasteiger partial charge < -0.3 is 10.2 Å². The summed E-state index contributed by atoms with van der Waals surface area (Å²) in [4.78, 5) is 11.6. The highest BCUT2D eigenvalue weighted by Gasteiger charge is 2.26. The quantitative estimate of drug-likeness (QED) is 0.873. The molecule has 0 aromatic carbocycles. The van der Waals surface area contributed by atoms with Crippen LogP contribution in [0.3, 0.4) is 0 Å². The maximum atomic E-state index is 12.1. The van der Waals surface area contributed by atoms with Crippen molar-refractivity contribution in [3.63, 3.8) is 0 Å². The molecule has 3 rings (SSSR count). The predicted octanol–water partition coefficient (Wildman–Crippen LogP) is 2.15. The number of rotatable bonds is 3. The summed E-state index contributed by atoms with van der Waals surface area (Å²) < 4.78 is 24.2. The van der Waals surface area contributed by atoms with Gasteiger partial charge in [-0.2, -0.15) is 0 Å². The van der Waals surface area contributed by atoms with Crippen LogP contribution in [-0.2, 0) is 9.84 Å². The van der Waals surface area contributed by atoms with Crippen LogP contribution in [0.2, 0.25) is 0 Å². The first-order valence-electron chi connectivity index (χ1n) is 8.58. The maximum Gasteiger partial charge on any atom is 0.225 e. The summed E-state index contributed by atoms with van der Waals surface area (Å²) in [5, 5.41) is 3.35. The molecule has 136 valence electrons. The number of piperidine rings is 1. The van der Waals surface area contributed by atoms with E-state index in [4.69, 9.17) is 4.98 Å². The molecule has 2 fully saturated rings. The molecule has 2 aliphatic rings. The van der Waals surface area contributed by atoms with Gasteiger partial charge in [-0.05, 0) is 32.2 Å². The van der Waals surface area contributed by atoms with Gasteiger partial charge in [0, 0.05) is 31.8 Å². The molecule has 0 amide bonds. The maximum absolute atomic E-state index is 12.1. The van der Waals surface area contributed by atoms with Gasteiger partial charge in [-0.3, -0.25) is 0 Å². The fraction of sp³-hybridized carbons (Fsp3) is 0.750. The number of sulfone groups is 1. The van der Waals surface area contributed by atoms with E-state index < -0.39 is 9.84 Å². The van der Waals surface area contributed by atoms with E-state index in [9.17, 15) is 8.42 Å². The molecule has 0 saturated carbocycles. The molecule has 1 atom stereocenters. The summed E-state index contributed by atoms with van der Waals surface area (Å²) in [6.07, 6.45) is 9.59. The van der Waals surface area contributed by atoms with Gasteiger partial charge in [-0.15, -0.1) is 12.4 Å². The summed E-state index contributed by atoms with van der Waals surface area (Å²) in [6.45, 7) is 3.70. The molecule has 3 heterocycles. The first kappa shape index (κ1) is 19.4. The Labute approximate surface area is 150 Å². The molecule has 0 spiro atoms. The topological polar surface area (TPSA) is 75.2 Å². The Balaban J connectivity index is 0.00000208. The van der Waals surface area contributed by atoms with E-state index >= 15 is 0 Å². The molecule has 1 aromatic rings. The van der Waals surface area contributed by atoms with Gasteiger partial charge in [0.15, 0.2) is 9.84 Å². The monoisotopic (exact) mass is 374 g/mol. The van der Waals surface area contributed by atoms with Crippen molar-refractivity contribution in [2.24, 2.45) is 0 Å². The van der Waals surface area contributed by atoms with Crippen LogP contribution in [0.4, 0.5) is 5.95 Å². The Morgan fingerprint density at radius 1 is 1.17 bits per heavy atom. The van der Waals surface area contributed by atoms with Crippen LogP contribution in [-0.4, -0.2) is 50.8 Å². The lowest BCUT2D eigenvalue weighted by Gasteiger charge is -2.26. The van der Waals surface area contributed by atoms with Gasteiger partial charge in [0.2, 0.25) is 5.95 Å². The molecule has 24 heavy (non-hydrogen) atoms. The van der Waals surface area contributed by atoms with Crippen LogP contribution < -0.4 is 10.2 Å². The number of hydrogen-bond donors (Lipinski definition) is 1. The Kier molecular flexibility index (Phi) is 6.83. The van der Waals surface area contributed by atoms with Crippen molar-refractivity contribution in [3.05, 3.63) is 11.9 Å². The van der Waals surface area contributed by atoms with Crippen molar-refractivity contribution in [1.82, 2.24) is 15.3 Å². The SMILES string of the molecule is CS(=O)(=O)c1cnc(N2CCCCCC2)nc1C1CCCNC1.Cl. The normalized spacial score (nSPS) is 22.5. The Bertz CT molecular complexity index is 639. The summed E-state index contributed by atoms with van der Waals surface area (Å²) in [6, 6.07) is 0. The minimum atomic E-state index is -3.31. The standard InChI is InChI=1S/C16H26N4O2S.ClH/c1-23(21,22)14-12-18-16(20-9-4-2-3-5-10-20)19-15(14)13-7-6-8-17-11-13;/h12-13,17H,2-11H2,1H3;1H. The fourth-order valence-corrected chi connectivity index (χ4v) is 4.30.